The molecule has 2 saturated heterocycles. The lowest BCUT2D eigenvalue weighted by Crippen LogP contribution is -2.48. The molecule has 2 aromatic carbocycles. The van der Waals surface area contributed by atoms with Crippen LogP contribution in [0.4, 0.5) is 5.69 Å². The van der Waals surface area contributed by atoms with E-state index in [0.717, 1.165) is 80.6 Å². The van der Waals surface area contributed by atoms with Gasteiger partial charge in [0, 0.05) is 86.8 Å². The standard InChI is InChI=1S/C29H36ClN5O2/c1-37-28-5-3-2-4-27(28)35-18-16-34(17-19-35)15-11-31-29(36)10-14-33-12-8-22(9-13-33)25-21-32-26-20-23(30)6-7-24(25)26/h2-7,10,14,20-22,32H,8-9,11-13,15-19H2,1H3,(H,31,36). The Morgan fingerprint density at radius 1 is 1.11 bits per heavy atom. The summed E-state index contributed by atoms with van der Waals surface area (Å²) in [5.41, 5.74) is 3.62. The third kappa shape index (κ3) is 6.22. The number of nitrogens with one attached hydrogen (secondary N) is 2. The summed E-state index contributed by atoms with van der Waals surface area (Å²) in [6, 6.07) is 14.2. The minimum absolute atomic E-state index is 0.0247. The normalized spacial score (nSPS) is 17.6. The first-order valence-electron chi connectivity index (χ1n) is 13.2. The number of aromatic nitrogens is 1. The molecule has 1 amide bonds. The Hall–Kier alpha value is -3.16. The summed E-state index contributed by atoms with van der Waals surface area (Å²) in [7, 11) is 1.72. The molecule has 0 radical (unpaired) electrons. The minimum atomic E-state index is -0.0247. The number of fused-ring (bicyclic) bond motifs is 1. The molecular weight excluding hydrogens is 486 g/mol. The summed E-state index contributed by atoms with van der Waals surface area (Å²) in [5.74, 6) is 1.42. The van der Waals surface area contributed by atoms with Crippen LogP contribution in [-0.2, 0) is 4.79 Å². The Morgan fingerprint density at radius 2 is 1.89 bits per heavy atom. The molecule has 1 aromatic heterocycles. The number of hydrogen-bond donors (Lipinski definition) is 2. The molecule has 0 aliphatic carbocycles. The van der Waals surface area contributed by atoms with E-state index < -0.39 is 0 Å². The Morgan fingerprint density at radius 3 is 2.68 bits per heavy atom. The number of amides is 1. The highest BCUT2D eigenvalue weighted by atomic mass is 35.5. The molecule has 3 aromatic rings. The second-order valence-electron chi connectivity index (χ2n) is 9.85. The van der Waals surface area contributed by atoms with Gasteiger partial charge in [-0.3, -0.25) is 9.69 Å². The SMILES string of the molecule is COc1ccccc1N1CCN(CCNC(=O)C=CN2CCC(c3c[nH]c4cc(Cl)ccc34)CC2)CC1. The van der Waals surface area contributed by atoms with Gasteiger partial charge in [0.15, 0.2) is 0 Å². The first-order chi connectivity index (χ1) is 18.1. The zero-order chi connectivity index (χ0) is 25.6. The Labute approximate surface area is 224 Å². The maximum absolute atomic E-state index is 12.4. The van der Waals surface area contributed by atoms with E-state index in [4.69, 9.17) is 16.3 Å². The highest BCUT2D eigenvalue weighted by molar-refractivity contribution is 6.31. The molecule has 2 aliphatic rings. The molecule has 5 rings (SSSR count). The zero-order valence-electron chi connectivity index (χ0n) is 21.5. The van der Waals surface area contributed by atoms with Crippen LogP contribution in [0.1, 0.15) is 24.3 Å². The van der Waals surface area contributed by atoms with Crippen LogP contribution < -0.4 is 15.0 Å². The highest BCUT2D eigenvalue weighted by Gasteiger charge is 2.22. The first-order valence-corrected chi connectivity index (χ1v) is 13.6. The van der Waals surface area contributed by atoms with Crippen LogP contribution >= 0.6 is 11.6 Å². The van der Waals surface area contributed by atoms with Crippen molar-refractivity contribution in [2.24, 2.45) is 0 Å². The molecule has 0 atom stereocenters. The van der Waals surface area contributed by atoms with Gasteiger partial charge in [0.2, 0.25) is 5.91 Å². The van der Waals surface area contributed by atoms with Gasteiger partial charge in [-0.2, -0.15) is 0 Å². The van der Waals surface area contributed by atoms with E-state index in [1.807, 2.05) is 30.5 Å². The van der Waals surface area contributed by atoms with E-state index in [1.165, 1.54) is 10.9 Å². The van der Waals surface area contributed by atoms with Gasteiger partial charge in [0.05, 0.1) is 12.8 Å². The van der Waals surface area contributed by atoms with Crippen molar-refractivity contribution < 1.29 is 9.53 Å². The molecule has 0 bridgehead atoms. The molecule has 3 heterocycles. The van der Waals surface area contributed by atoms with Crippen LogP contribution in [0.3, 0.4) is 0 Å². The van der Waals surface area contributed by atoms with Crippen molar-refractivity contribution in [2.75, 3.05) is 64.4 Å². The largest absolute Gasteiger partial charge is 0.495 e. The average molecular weight is 522 g/mol. The summed E-state index contributed by atoms with van der Waals surface area (Å²) < 4.78 is 5.51. The predicted octanol–water partition coefficient (Wildman–Crippen LogP) is 4.46. The number of ether oxygens (including phenoxy) is 1. The fourth-order valence-electron chi connectivity index (χ4n) is 5.49. The predicted molar refractivity (Wildman–Crippen MR) is 151 cm³/mol. The topological polar surface area (TPSA) is 63.8 Å². The lowest BCUT2D eigenvalue weighted by atomic mass is 9.89. The number of piperazine rings is 1. The van der Waals surface area contributed by atoms with Gasteiger partial charge >= 0.3 is 0 Å². The van der Waals surface area contributed by atoms with Crippen molar-refractivity contribution in [3.63, 3.8) is 0 Å². The molecule has 2 fully saturated rings. The molecule has 0 saturated carbocycles. The number of methoxy groups -OCH3 is 1. The van der Waals surface area contributed by atoms with Gasteiger partial charge in [-0.1, -0.05) is 29.8 Å². The van der Waals surface area contributed by atoms with Crippen LogP contribution in [0.15, 0.2) is 60.9 Å². The molecule has 37 heavy (non-hydrogen) atoms. The summed E-state index contributed by atoms with van der Waals surface area (Å²) in [6.45, 7) is 7.28. The zero-order valence-corrected chi connectivity index (χ0v) is 22.2. The smallest absolute Gasteiger partial charge is 0.245 e. The second-order valence-corrected chi connectivity index (χ2v) is 10.3. The summed E-state index contributed by atoms with van der Waals surface area (Å²) in [5, 5.41) is 5.06. The van der Waals surface area contributed by atoms with Crippen molar-refractivity contribution >= 4 is 34.1 Å². The number of H-pyrrole nitrogens is 1. The van der Waals surface area contributed by atoms with E-state index in [9.17, 15) is 4.79 Å². The molecule has 2 aliphatic heterocycles. The van der Waals surface area contributed by atoms with Crippen LogP contribution in [0.25, 0.3) is 10.9 Å². The quantitative estimate of drug-likeness (QED) is 0.428. The number of hydrogen-bond acceptors (Lipinski definition) is 5. The van der Waals surface area contributed by atoms with Gasteiger partial charge in [-0.25, -0.2) is 0 Å². The van der Waals surface area contributed by atoms with Gasteiger partial charge in [0.25, 0.3) is 0 Å². The van der Waals surface area contributed by atoms with Crippen molar-refractivity contribution in [1.82, 2.24) is 20.1 Å². The third-order valence-electron chi connectivity index (χ3n) is 7.61. The number of piperidine rings is 1. The van der Waals surface area contributed by atoms with Crippen molar-refractivity contribution in [3.05, 3.63) is 71.5 Å². The van der Waals surface area contributed by atoms with Crippen molar-refractivity contribution in [3.8, 4) is 5.75 Å². The van der Waals surface area contributed by atoms with E-state index in [2.05, 4.69) is 49.4 Å². The van der Waals surface area contributed by atoms with E-state index >= 15 is 0 Å². The van der Waals surface area contributed by atoms with E-state index in [0.29, 0.717) is 12.5 Å². The van der Waals surface area contributed by atoms with Crippen molar-refractivity contribution in [2.45, 2.75) is 18.8 Å². The van der Waals surface area contributed by atoms with Gasteiger partial charge in [0.1, 0.15) is 5.75 Å². The summed E-state index contributed by atoms with van der Waals surface area (Å²) in [6.07, 6.45) is 7.90. The average Bonchev–Trinajstić information content (AvgIpc) is 3.35. The summed E-state index contributed by atoms with van der Waals surface area (Å²) in [4.78, 5) is 22.8. The van der Waals surface area contributed by atoms with Crippen LogP contribution in [0.2, 0.25) is 5.02 Å². The molecule has 2 N–H and O–H groups in total. The summed E-state index contributed by atoms with van der Waals surface area (Å²) >= 11 is 6.13. The molecule has 7 nitrogen and oxygen atoms in total. The molecule has 196 valence electrons. The first kappa shape index (κ1) is 25.5. The molecular formula is C29H36ClN5O2. The fraction of sp³-hybridized carbons (Fsp3) is 0.414. The van der Waals surface area contributed by atoms with Gasteiger partial charge in [-0.15, -0.1) is 0 Å². The number of rotatable bonds is 8. The van der Waals surface area contributed by atoms with Crippen LogP contribution in [0.5, 0.6) is 5.75 Å². The number of halogens is 1. The minimum Gasteiger partial charge on any atom is -0.495 e. The van der Waals surface area contributed by atoms with Crippen LogP contribution in [-0.4, -0.2) is 80.2 Å². The lowest BCUT2D eigenvalue weighted by Gasteiger charge is -2.36. The molecule has 8 heteroatoms. The molecule has 0 unspecified atom stereocenters. The van der Waals surface area contributed by atoms with E-state index in [1.54, 1.807) is 13.2 Å². The fourth-order valence-corrected chi connectivity index (χ4v) is 5.66. The van der Waals surface area contributed by atoms with E-state index in [-0.39, 0.29) is 5.91 Å². The number of anilines is 1. The van der Waals surface area contributed by atoms with Gasteiger partial charge in [-0.05, 0) is 48.6 Å². The Balaban J connectivity index is 1.01. The number of likely N-dealkylation sites (tertiary alicyclic amines) is 1. The van der Waals surface area contributed by atoms with Crippen molar-refractivity contribution in [1.29, 1.82) is 0 Å². The maximum Gasteiger partial charge on any atom is 0.245 e. The number of nitrogens with zero attached hydrogens (tertiary/aromatic N) is 3. The third-order valence-corrected chi connectivity index (χ3v) is 7.84. The number of aromatic amines is 1. The highest BCUT2D eigenvalue weighted by Crippen LogP contribution is 2.34. The lowest BCUT2D eigenvalue weighted by molar-refractivity contribution is -0.116. The molecule has 0 spiro atoms. The number of benzene rings is 2. The number of para-hydroxylation sites is 2. The monoisotopic (exact) mass is 521 g/mol. The Kier molecular flexibility index (Phi) is 8.21. The second kappa shape index (κ2) is 11.9. The number of carbonyl (C=O) groups excluding carboxylic acids is 1. The van der Waals surface area contributed by atoms with Gasteiger partial charge < -0.3 is 24.8 Å². The van der Waals surface area contributed by atoms with Crippen LogP contribution in [0, 0.1) is 0 Å². The Bertz CT molecular complexity index is 1230. The number of carbonyl (C=O) groups is 1. The maximum atomic E-state index is 12.4.